The molecule has 0 radical (unpaired) electrons. The van der Waals surface area contributed by atoms with Crippen molar-refractivity contribution < 1.29 is 19.4 Å². The summed E-state index contributed by atoms with van der Waals surface area (Å²) in [6.45, 7) is -0.431. The van der Waals surface area contributed by atoms with E-state index in [-0.39, 0.29) is 48.1 Å². The number of carbonyl (C=O) groups excluding carboxylic acids is 2. The van der Waals surface area contributed by atoms with Gasteiger partial charge in [0.25, 0.3) is 0 Å². The highest BCUT2D eigenvalue weighted by Gasteiger charge is 2.37. The number of ketones is 1. The first kappa shape index (κ1) is 21.2. The molecule has 0 heterocycles. The number of hydrogen-bond donors (Lipinski definition) is 4. The monoisotopic (exact) mass is 393 g/mol. The van der Waals surface area contributed by atoms with Crippen LogP contribution in [-0.4, -0.2) is 48.0 Å². The molecule has 0 saturated heterocycles. The first-order valence-corrected chi connectivity index (χ1v) is 10.8. The Balaban J connectivity index is 1.39. The number of amidine groups is 1. The van der Waals surface area contributed by atoms with Gasteiger partial charge in [0.1, 0.15) is 13.2 Å². The molecule has 5 N–H and O–H groups in total. The van der Waals surface area contributed by atoms with E-state index in [9.17, 15) is 9.59 Å². The molecule has 0 aromatic rings. The second-order valence-electron chi connectivity index (χ2n) is 8.99. The van der Waals surface area contributed by atoms with Crippen LogP contribution < -0.4 is 11.1 Å². The van der Waals surface area contributed by atoms with Crippen LogP contribution >= 0.6 is 0 Å². The van der Waals surface area contributed by atoms with Gasteiger partial charge in [-0.15, -0.1) is 0 Å². The molecule has 0 spiro atoms. The number of fused-ring (bicyclic) bond motifs is 1. The maximum Gasteiger partial charge on any atom is 0.223 e. The standard InChI is InChI=1S/C21H35N3O4/c22-20(23)13-1-3-14(4-2-13)21(27)24-17-7-5-16-10-19(8-6-15(16)9-17)28-12-18(26)11-25/h13-17,19,25H,1-12H2,(H3,22,23)(H,24,27). The number of ether oxygens (including phenoxy) is 1. The average molecular weight is 394 g/mol. The topological polar surface area (TPSA) is 126 Å². The number of aliphatic hydroxyl groups is 1. The number of nitrogens with one attached hydrogen (secondary N) is 2. The molecule has 0 aromatic heterocycles. The van der Waals surface area contributed by atoms with Crippen LogP contribution in [0.15, 0.2) is 0 Å². The summed E-state index contributed by atoms with van der Waals surface area (Å²) in [5.74, 6) is 1.66. The minimum absolute atomic E-state index is 0.0170. The van der Waals surface area contributed by atoms with E-state index in [4.69, 9.17) is 21.0 Å². The third-order valence-corrected chi connectivity index (χ3v) is 7.11. The van der Waals surface area contributed by atoms with E-state index in [0.29, 0.717) is 11.8 Å². The Morgan fingerprint density at radius 2 is 1.61 bits per heavy atom. The summed E-state index contributed by atoms with van der Waals surface area (Å²) in [7, 11) is 0. The van der Waals surface area contributed by atoms with Gasteiger partial charge in [0, 0.05) is 17.9 Å². The summed E-state index contributed by atoms with van der Waals surface area (Å²) in [4.78, 5) is 23.9. The van der Waals surface area contributed by atoms with Gasteiger partial charge >= 0.3 is 0 Å². The van der Waals surface area contributed by atoms with Crippen LogP contribution in [-0.2, 0) is 14.3 Å². The highest BCUT2D eigenvalue weighted by atomic mass is 16.5. The van der Waals surface area contributed by atoms with E-state index < -0.39 is 6.61 Å². The van der Waals surface area contributed by atoms with Gasteiger partial charge in [-0.1, -0.05) is 0 Å². The lowest BCUT2D eigenvalue weighted by molar-refractivity contribution is -0.130. The number of aliphatic hydroxyl groups excluding tert-OH is 1. The van der Waals surface area contributed by atoms with Crippen molar-refractivity contribution in [2.75, 3.05) is 13.2 Å². The summed E-state index contributed by atoms with van der Waals surface area (Å²) in [6, 6.07) is 0.271. The fraction of sp³-hybridized carbons (Fsp3) is 0.857. The molecule has 3 aliphatic carbocycles. The Hall–Kier alpha value is -1.47. The maximum atomic E-state index is 12.7. The summed E-state index contributed by atoms with van der Waals surface area (Å²) in [6.07, 6.45) is 9.67. The molecule has 7 nitrogen and oxygen atoms in total. The largest absolute Gasteiger partial charge is 0.388 e. The third-order valence-electron chi connectivity index (χ3n) is 7.11. The minimum Gasteiger partial charge on any atom is -0.388 e. The molecular weight excluding hydrogens is 358 g/mol. The Bertz CT molecular complexity index is 574. The second-order valence-corrected chi connectivity index (χ2v) is 8.99. The van der Waals surface area contributed by atoms with Gasteiger partial charge < -0.3 is 20.9 Å². The molecule has 3 saturated carbocycles. The fourth-order valence-electron chi connectivity index (χ4n) is 5.37. The molecule has 4 unspecified atom stereocenters. The maximum absolute atomic E-state index is 12.7. The van der Waals surface area contributed by atoms with E-state index >= 15 is 0 Å². The second kappa shape index (κ2) is 9.83. The summed E-state index contributed by atoms with van der Waals surface area (Å²) in [5, 5.41) is 19.7. The Morgan fingerprint density at radius 3 is 2.29 bits per heavy atom. The van der Waals surface area contributed by atoms with Gasteiger partial charge in [0.05, 0.1) is 11.9 Å². The van der Waals surface area contributed by atoms with E-state index in [1.165, 1.54) is 0 Å². The molecule has 7 heteroatoms. The van der Waals surface area contributed by atoms with Gasteiger partial charge in [-0.2, -0.15) is 0 Å². The molecule has 0 bridgehead atoms. The van der Waals surface area contributed by atoms with Crippen LogP contribution in [0.1, 0.15) is 64.2 Å². The molecule has 1 amide bonds. The number of amides is 1. The van der Waals surface area contributed by atoms with Crippen molar-refractivity contribution in [3.05, 3.63) is 0 Å². The highest BCUT2D eigenvalue weighted by Crippen LogP contribution is 2.41. The molecule has 4 atom stereocenters. The highest BCUT2D eigenvalue weighted by molar-refractivity contribution is 5.82. The minimum atomic E-state index is -0.448. The molecule has 0 aliphatic heterocycles. The van der Waals surface area contributed by atoms with Crippen LogP contribution in [0, 0.1) is 29.1 Å². The van der Waals surface area contributed by atoms with Crippen LogP contribution in [0.4, 0.5) is 0 Å². The van der Waals surface area contributed by atoms with Gasteiger partial charge in [0.2, 0.25) is 5.91 Å². The van der Waals surface area contributed by atoms with Crippen LogP contribution in [0.5, 0.6) is 0 Å². The normalized spacial score (nSPS) is 35.6. The number of nitrogens with two attached hydrogens (primary N) is 1. The first-order chi connectivity index (χ1) is 13.5. The Morgan fingerprint density at radius 1 is 0.964 bits per heavy atom. The predicted octanol–water partition coefficient (Wildman–Crippen LogP) is 1.76. The number of rotatable bonds is 7. The molecular formula is C21H35N3O4. The summed E-state index contributed by atoms with van der Waals surface area (Å²) < 4.78 is 5.68. The lowest BCUT2D eigenvalue weighted by Crippen LogP contribution is -2.46. The van der Waals surface area contributed by atoms with E-state index in [1.54, 1.807) is 0 Å². The molecule has 0 aromatic carbocycles. The molecule has 3 aliphatic rings. The van der Waals surface area contributed by atoms with Crippen molar-refractivity contribution in [2.24, 2.45) is 29.4 Å². The lowest BCUT2D eigenvalue weighted by atomic mass is 9.68. The predicted molar refractivity (Wildman–Crippen MR) is 106 cm³/mol. The smallest absolute Gasteiger partial charge is 0.223 e. The van der Waals surface area contributed by atoms with Gasteiger partial charge in [-0.05, 0) is 76.0 Å². The van der Waals surface area contributed by atoms with Gasteiger partial charge in [-0.3, -0.25) is 15.0 Å². The quantitative estimate of drug-likeness (QED) is 0.387. The molecule has 3 fully saturated rings. The van der Waals surface area contributed by atoms with Crippen LogP contribution in [0.3, 0.4) is 0 Å². The Labute approximate surface area is 167 Å². The number of Topliss-reactive ketones (excluding diaryl/α,β-unsaturated/α-hetero) is 1. The summed E-state index contributed by atoms with van der Waals surface area (Å²) in [5.41, 5.74) is 5.60. The summed E-state index contributed by atoms with van der Waals surface area (Å²) >= 11 is 0. The zero-order chi connectivity index (χ0) is 20.1. The van der Waals surface area contributed by atoms with E-state index in [1.807, 2.05) is 0 Å². The molecule has 28 heavy (non-hydrogen) atoms. The lowest BCUT2D eigenvalue weighted by Gasteiger charge is -2.42. The zero-order valence-electron chi connectivity index (χ0n) is 16.7. The van der Waals surface area contributed by atoms with Crippen molar-refractivity contribution in [3.8, 4) is 0 Å². The molecule has 158 valence electrons. The fourth-order valence-corrected chi connectivity index (χ4v) is 5.37. The van der Waals surface area contributed by atoms with Gasteiger partial charge in [0.15, 0.2) is 5.78 Å². The Kier molecular flexibility index (Phi) is 7.46. The van der Waals surface area contributed by atoms with Crippen molar-refractivity contribution in [3.63, 3.8) is 0 Å². The SMILES string of the molecule is N=C(N)C1CCC(C(=O)NC2CCC3CC(OCC(=O)CO)CCC3C2)CC1. The number of hydrogen-bond acceptors (Lipinski definition) is 5. The van der Waals surface area contributed by atoms with Crippen molar-refractivity contribution >= 4 is 17.5 Å². The van der Waals surface area contributed by atoms with Crippen molar-refractivity contribution in [1.29, 1.82) is 5.41 Å². The molecule has 3 rings (SSSR count). The number of carbonyl (C=O) groups is 2. The van der Waals surface area contributed by atoms with E-state index in [2.05, 4.69) is 5.32 Å². The van der Waals surface area contributed by atoms with Crippen molar-refractivity contribution in [1.82, 2.24) is 5.32 Å². The average Bonchev–Trinajstić information content (AvgIpc) is 2.71. The van der Waals surface area contributed by atoms with Crippen molar-refractivity contribution in [2.45, 2.75) is 76.4 Å². The zero-order valence-corrected chi connectivity index (χ0v) is 16.7. The van der Waals surface area contributed by atoms with E-state index in [0.717, 1.165) is 64.2 Å². The van der Waals surface area contributed by atoms with Gasteiger partial charge in [-0.25, -0.2) is 0 Å². The third kappa shape index (κ3) is 5.54. The van der Waals surface area contributed by atoms with Crippen LogP contribution in [0.25, 0.3) is 0 Å². The van der Waals surface area contributed by atoms with Crippen LogP contribution in [0.2, 0.25) is 0 Å². The first-order valence-electron chi connectivity index (χ1n) is 10.8.